The Morgan fingerprint density at radius 1 is 0.476 bits per heavy atom. The minimum atomic E-state index is -1.08. The van der Waals surface area contributed by atoms with Crippen molar-refractivity contribution in [2.45, 2.75) is 27.7 Å². The Kier molecular flexibility index (Phi) is 147. The fourth-order valence-electron chi connectivity index (χ4n) is 0. The van der Waals surface area contributed by atoms with E-state index in [-0.39, 0.29) is 49.2 Å². The van der Waals surface area contributed by atoms with Crippen molar-refractivity contribution < 1.29 is 61.5 Å². The topological polar surface area (TPSA) is 287 Å². The van der Waals surface area contributed by atoms with Crippen molar-refractivity contribution in [1.29, 1.82) is 0 Å². The molecular formula is C8H20O12Pb-4. The number of carbonyl (C=O) groups excluding carboxylic acids is 4. The molecule has 0 atom stereocenters. The van der Waals surface area contributed by atoms with Crippen LogP contribution in [-0.4, -0.2) is 73.1 Å². The average Bonchev–Trinajstić information content (AvgIpc) is 1.76. The molecule has 0 aliphatic heterocycles. The van der Waals surface area contributed by atoms with Gasteiger partial charge in [0.15, 0.2) is 0 Å². The Morgan fingerprint density at radius 2 is 0.476 bits per heavy atom. The molecule has 132 valence electrons. The molecule has 0 spiro atoms. The molecule has 0 unspecified atom stereocenters. The summed E-state index contributed by atoms with van der Waals surface area (Å²) < 4.78 is 0. The fourth-order valence-corrected chi connectivity index (χ4v) is 0. The van der Waals surface area contributed by atoms with Crippen LogP contribution in [0.2, 0.25) is 0 Å². The van der Waals surface area contributed by atoms with Gasteiger partial charge in [0.1, 0.15) is 0 Å². The molecule has 0 aromatic rings. The first-order valence-electron chi connectivity index (χ1n) is 3.63. The summed E-state index contributed by atoms with van der Waals surface area (Å²) in [4.78, 5) is 35.6. The zero-order chi connectivity index (χ0) is 14.3. The molecule has 0 bridgehead atoms. The van der Waals surface area contributed by atoms with Crippen LogP contribution in [0.15, 0.2) is 0 Å². The van der Waals surface area contributed by atoms with Gasteiger partial charge in [-0.3, -0.25) is 0 Å². The Balaban J connectivity index is -0.0000000121. The molecule has 0 fully saturated rings. The van der Waals surface area contributed by atoms with Crippen molar-refractivity contribution in [3.8, 4) is 0 Å². The van der Waals surface area contributed by atoms with Gasteiger partial charge < -0.3 is 61.5 Å². The molecule has 8 N–H and O–H groups in total. The van der Waals surface area contributed by atoms with Crippen molar-refractivity contribution in [2.75, 3.05) is 0 Å². The Morgan fingerprint density at radius 3 is 0.476 bits per heavy atom. The van der Waals surface area contributed by atoms with Crippen molar-refractivity contribution in [3.05, 3.63) is 0 Å². The first-order valence-corrected chi connectivity index (χ1v) is 3.63. The summed E-state index contributed by atoms with van der Waals surface area (Å²) in [6, 6.07) is 0. The van der Waals surface area contributed by atoms with E-state index in [0.717, 1.165) is 27.7 Å². The number of hydrogen-bond donors (Lipinski definition) is 0. The first-order chi connectivity index (χ1) is 6.93. The maximum Gasteiger partial charge on any atom is 0.0383 e. The van der Waals surface area contributed by atoms with E-state index in [9.17, 15) is 0 Å². The van der Waals surface area contributed by atoms with Gasteiger partial charge in [-0.25, -0.2) is 0 Å². The van der Waals surface area contributed by atoms with E-state index in [0.29, 0.717) is 0 Å². The van der Waals surface area contributed by atoms with Crippen molar-refractivity contribution >= 4 is 51.2 Å². The standard InChI is InChI=1S/4C2H4O2.4H2O.Pb/c4*1-2(3)4;;;;;/h4*1H3,(H,3,4);4*1H2;/p-4. The van der Waals surface area contributed by atoms with Crippen LogP contribution in [0.25, 0.3) is 0 Å². The van der Waals surface area contributed by atoms with E-state index in [4.69, 9.17) is 39.6 Å². The van der Waals surface area contributed by atoms with Gasteiger partial charge in [-0.1, -0.05) is 0 Å². The molecule has 0 heterocycles. The van der Waals surface area contributed by atoms with Crippen LogP contribution >= 0.6 is 0 Å². The normalized spacial score (nSPS) is 4.76. The van der Waals surface area contributed by atoms with Gasteiger partial charge in [0.05, 0.1) is 0 Å². The van der Waals surface area contributed by atoms with Crippen LogP contribution in [0.3, 0.4) is 0 Å². The zero-order valence-electron chi connectivity index (χ0n) is 11.8. The number of aliphatic carboxylic acids is 4. The summed E-state index contributed by atoms with van der Waals surface area (Å²) in [5.74, 6) is -4.33. The predicted molar refractivity (Wildman–Crippen MR) is 62.9 cm³/mol. The molecule has 0 saturated heterocycles. The third-order valence-corrected chi connectivity index (χ3v) is 0. The van der Waals surface area contributed by atoms with Gasteiger partial charge in [-0.2, -0.15) is 0 Å². The first kappa shape index (κ1) is 60.3. The Bertz CT molecular complexity index is 165. The Hall–Kier alpha value is -1.36. The molecule has 0 rings (SSSR count). The predicted octanol–water partition coefficient (Wildman–Crippen LogP) is -8.65. The minimum Gasteiger partial charge on any atom is -0.550 e. The van der Waals surface area contributed by atoms with E-state index >= 15 is 0 Å². The average molecular weight is 515 g/mol. The van der Waals surface area contributed by atoms with E-state index < -0.39 is 23.9 Å². The van der Waals surface area contributed by atoms with Crippen molar-refractivity contribution in [2.24, 2.45) is 0 Å². The van der Waals surface area contributed by atoms with Crippen LogP contribution in [0.1, 0.15) is 27.7 Å². The van der Waals surface area contributed by atoms with E-state index in [1.54, 1.807) is 0 Å². The zero-order valence-corrected chi connectivity index (χ0v) is 15.7. The van der Waals surface area contributed by atoms with Crippen LogP contribution < -0.4 is 20.4 Å². The monoisotopic (exact) mass is 516 g/mol. The molecule has 21 heavy (non-hydrogen) atoms. The van der Waals surface area contributed by atoms with Crippen LogP contribution in [0, 0.1) is 0 Å². The maximum absolute atomic E-state index is 8.89. The smallest absolute Gasteiger partial charge is 0.0383 e. The fraction of sp³-hybridized carbons (Fsp3) is 0.500. The molecule has 0 aromatic heterocycles. The second kappa shape index (κ2) is 51.2. The molecule has 13 heteroatoms. The van der Waals surface area contributed by atoms with Gasteiger partial charge in [-0.15, -0.1) is 0 Å². The second-order valence-electron chi connectivity index (χ2n) is 1.97. The summed E-state index contributed by atoms with van der Waals surface area (Å²) in [7, 11) is 0. The van der Waals surface area contributed by atoms with Crippen molar-refractivity contribution in [1.82, 2.24) is 0 Å². The third-order valence-electron chi connectivity index (χ3n) is 0. The molecule has 0 aliphatic carbocycles. The number of carboxylic acids is 4. The summed E-state index contributed by atoms with van der Waals surface area (Å²) >= 11 is 0. The summed E-state index contributed by atoms with van der Waals surface area (Å²) in [6.07, 6.45) is 0. The quantitative estimate of drug-likeness (QED) is 0.278. The number of carbonyl (C=O) groups is 4. The van der Waals surface area contributed by atoms with Gasteiger partial charge in [0.25, 0.3) is 0 Å². The summed E-state index contributed by atoms with van der Waals surface area (Å²) in [5, 5.41) is 35.6. The molecule has 4 radical (unpaired) electrons. The second-order valence-corrected chi connectivity index (χ2v) is 1.97. The third kappa shape index (κ3) is 2800. The SMILES string of the molecule is CC(=O)[O-].CC(=O)[O-].CC(=O)[O-].CC(=O)[O-].O.O.O.O.[Pb]. The summed E-state index contributed by atoms with van der Waals surface area (Å²) in [5.41, 5.74) is 0. The Labute approximate surface area is 140 Å². The molecule has 12 nitrogen and oxygen atoms in total. The van der Waals surface area contributed by atoms with Crippen molar-refractivity contribution in [3.63, 3.8) is 0 Å². The molecule has 0 aromatic carbocycles. The maximum atomic E-state index is 8.89. The minimum absolute atomic E-state index is 0. The molecule has 0 aliphatic rings. The van der Waals surface area contributed by atoms with Gasteiger partial charge in [0.2, 0.25) is 0 Å². The van der Waals surface area contributed by atoms with Gasteiger partial charge >= 0.3 is 0 Å². The molecule has 0 amide bonds. The van der Waals surface area contributed by atoms with E-state index in [1.165, 1.54) is 0 Å². The van der Waals surface area contributed by atoms with Crippen LogP contribution in [-0.2, 0) is 19.2 Å². The largest absolute Gasteiger partial charge is 0.550 e. The van der Waals surface area contributed by atoms with E-state index in [1.807, 2.05) is 0 Å². The van der Waals surface area contributed by atoms with Gasteiger partial charge in [0, 0.05) is 51.2 Å². The molecular weight excluding hydrogens is 495 g/mol. The number of carboxylic acid groups (broad SMARTS) is 4. The van der Waals surface area contributed by atoms with Crippen LogP contribution in [0.4, 0.5) is 0 Å². The summed E-state index contributed by atoms with van der Waals surface area (Å²) in [6.45, 7) is 3.89. The molecule has 0 saturated carbocycles. The van der Waals surface area contributed by atoms with Gasteiger partial charge in [-0.05, 0) is 27.7 Å². The number of rotatable bonds is 0. The number of hydrogen-bond acceptors (Lipinski definition) is 8. The van der Waals surface area contributed by atoms with E-state index in [2.05, 4.69) is 0 Å². The van der Waals surface area contributed by atoms with Crippen LogP contribution in [0.5, 0.6) is 0 Å².